The Labute approximate surface area is 199 Å². The Hall–Kier alpha value is -3.10. The number of nitrogens with one attached hydrogen (secondary N) is 1. The van der Waals surface area contributed by atoms with E-state index >= 15 is 0 Å². The third-order valence-corrected chi connectivity index (χ3v) is 8.18. The van der Waals surface area contributed by atoms with Crippen LogP contribution < -0.4 is 14.7 Å². The van der Waals surface area contributed by atoms with E-state index in [2.05, 4.69) is 20.9 Å². The first-order chi connectivity index (χ1) is 16.5. The standard InChI is InChI=1S/C23H28N6O4S/c24-9-10-28-15-19(14-25-28)29(18-7-11-33-12-8-18)34(31,32)27-23(30)26-22-20-5-1-3-16(20)13-17-4-2-6-21(17)22/h13-15,18H,1-8,10-12H2,(H2,26,27,30)/p-1. The van der Waals surface area contributed by atoms with Gasteiger partial charge in [-0.05, 0) is 73.6 Å². The number of aromatic nitrogens is 2. The molecule has 1 saturated heterocycles. The Morgan fingerprint density at radius 1 is 1.24 bits per heavy atom. The molecule has 1 N–H and O–H groups in total. The second-order valence-corrected chi connectivity index (χ2v) is 10.4. The largest absolute Gasteiger partial charge is 0.845 e. The lowest BCUT2D eigenvalue weighted by Gasteiger charge is -2.33. The van der Waals surface area contributed by atoms with Crippen LogP contribution in [0.15, 0.2) is 22.9 Å². The Morgan fingerprint density at radius 2 is 1.91 bits per heavy atom. The minimum atomic E-state index is -4.37. The summed E-state index contributed by atoms with van der Waals surface area (Å²) < 4.78 is 38.4. The smallest absolute Gasteiger partial charge is 0.345 e. The second-order valence-electron chi connectivity index (χ2n) is 8.93. The van der Waals surface area contributed by atoms with Crippen molar-refractivity contribution in [2.24, 2.45) is 4.40 Å². The molecule has 3 aliphatic rings. The molecule has 0 bridgehead atoms. The lowest BCUT2D eigenvalue weighted by Crippen LogP contribution is -2.44. The fourth-order valence-electron chi connectivity index (χ4n) is 5.32. The Balaban J connectivity index is 1.47. The minimum absolute atomic E-state index is 0.0104. The van der Waals surface area contributed by atoms with Crippen molar-refractivity contribution in [3.63, 3.8) is 0 Å². The summed E-state index contributed by atoms with van der Waals surface area (Å²) in [5, 5.41) is 28.8. The second kappa shape index (κ2) is 9.27. The predicted molar refractivity (Wildman–Crippen MR) is 125 cm³/mol. The third-order valence-electron chi connectivity index (χ3n) is 6.78. The van der Waals surface area contributed by atoms with Gasteiger partial charge in [0.2, 0.25) is 0 Å². The van der Waals surface area contributed by atoms with Gasteiger partial charge in [-0.2, -0.15) is 18.8 Å². The number of rotatable bonds is 6. The number of fused-ring (bicyclic) bond motifs is 2. The van der Waals surface area contributed by atoms with Crippen LogP contribution in [0.3, 0.4) is 0 Å². The van der Waals surface area contributed by atoms with Crippen LogP contribution in [0.1, 0.15) is 47.9 Å². The van der Waals surface area contributed by atoms with Gasteiger partial charge in [0.1, 0.15) is 6.54 Å². The number of amidine groups is 1. The molecule has 5 rings (SSSR count). The molecule has 1 fully saturated rings. The predicted octanol–water partition coefficient (Wildman–Crippen LogP) is 1.44. The summed E-state index contributed by atoms with van der Waals surface area (Å²) in [7, 11) is -4.37. The summed E-state index contributed by atoms with van der Waals surface area (Å²) in [5.41, 5.74) is 5.74. The molecular weight excluding hydrogens is 456 g/mol. The lowest BCUT2D eigenvalue weighted by atomic mass is 9.99. The van der Waals surface area contributed by atoms with Gasteiger partial charge in [0, 0.05) is 18.9 Å². The number of nitriles is 1. The normalized spacial score (nSPS) is 18.4. The summed E-state index contributed by atoms with van der Waals surface area (Å²) >= 11 is 0. The van der Waals surface area contributed by atoms with Crippen molar-refractivity contribution < 1.29 is 18.3 Å². The van der Waals surface area contributed by atoms with Crippen molar-refractivity contribution in [1.29, 1.82) is 5.26 Å². The van der Waals surface area contributed by atoms with Crippen LogP contribution in [0.25, 0.3) is 0 Å². The van der Waals surface area contributed by atoms with Crippen LogP contribution in [-0.4, -0.2) is 43.5 Å². The number of ether oxygens (including phenoxy) is 1. The molecule has 1 aliphatic heterocycles. The van der Waals surface area contributed by atoms with E-state index in [0.717, 1.165) is 59.6 Å². The Morgan fingerprint density at radius 3 is 2.56 bits per heavy atom. The highest BCUT2D eigenvalue weighted by Crippen LogP contribution is 2.38. The number of benzene rings is 1. The quantitative estimate of drug-likeness (QED) is 0.485. The average Bonchev–Trinajstić information content (AvgIpc) is 3.55. The summed E-state index contributed by atoms with van der Waals surface area (Å²) in [5.74, 6) is 0. The minimum Gasteiger partial charge on any atom is -0.845 e. The molecule has 10 nitrogen and oxygen atoms in total. The van der Waals surface area contributed by atoms with Crippen molar-refractivity contribution in [3.8, 4) is 6.07 Å². The molecule has 0 unspecified atom stereocenters. The zero-order chi connectivity index (χ0) is 23.7. The van der Waals surface area contributed by atoms with Gasteiger partial charge in [-0.3, -0.25) is 4.68 Å². The molecule has 0 amide bonds. The van der Waals surface area contributed by atoms with Crippen LogP contribution in [0.2, 0.25) is 0 Å². The maximum atomic E-state index is 13.4. The van der Waals surface area contributed by atoms with Crippen LogP contribution in [0, 0.1) is 11.3 Å². The highest BCUT2D eigenvalue weighted by molar-refractivity contribution is 7.91. The van der Waals surface area contributed by atoms with Crippen molar-refractivity contribution in [3.05, 3.63) is 40.7 Å². The maximum absolute atomic E-state index is 13.4. The Kier molecular flexibility index (Phi) is 6.18. The lowest BCUT2D eigenvalue weighted by molar-refractivity contribution is -0.213. The summed E-state index contributed by atoms with van der Waals surface area (Å²) in [6, 6.07) is 2.92. The Bertz CT molecular complexity index is 1220. The molecular formula is C23H27N6O4S-. The first kappa shape index (κ1) is 22.7. The zero-order valence-electron chi connectivity index (χ0n) is 18.9. The van der Waals surface area contributed by atoms with Gasteiger partial charge < -0.3 is 15.2 Å². The first-order valence-corrected chi connectivity index (χ1v) is 13.1. The summed E-state index contributed by atoms with van der Waals surface area (Å²) in [6.07, 6.45) is 9.57. The fraction of sp³-hybridized carbons (Fsp3) is 0.522. The number of aryl methyl sites for hydroxylation is 2. The summed E-state index contributed by atoms with van der Waals surface area (Å²) in [4.78, 5) is 0. The van der Waals surface area contributed by atoms with E-state index in [1.54, 1.807) is 0 Å². The molecule has 0 atom stereocenters. The first-order valence-electron chi connectivity index (χ1n) is 11.7. The van der Waals surface area contributed by atoms with E-state index in [0.29, 0.717) is 26.1 Å². The topological polar surface area (TPSA) is 136 Å². The molecule has 2 heterocycles. The van der Waals surface area contributed by atoms with Gasteiger partial charge in [-0.1, -0.05) is 6.07 Å². The summed E-state index contributed by atoms with van der Waals surface area (Å²) in [6.45, 7) is 0.818. The van der Waals surface area contributed by atoms with Crippen molar-refractivity contribution >= 4 is 27.6 Å². The number of anilines is 2. The third kappa shape index (κ3) is 4.35. The molecule has 0 saturated carbocycles. The van der Waals surface area contributed by atoms with Crippen LogP contribution in [0.5, 0.6) is 0 Å². The molecule has 0 spiro atoms. The van der Waals surface area contributed by atoms with Gasteiger partial charge in [-0.15, -0.1) is 4.40 Å². The van der Waals surface area contributed by atoms with E-state index < -0.39 is 22.3 Å². The average molecular weight is 484 g/mol. The molecule has 11 heteroatoms. The molecule has 0 radical (unpaired) electrons. The molecule has 2 aliphatic carbocycles. The molecule has 34 heavy (non-hydrogen) atoms. The van der Waals surface area contributed by atoms with E-state index in [9.17, 15) is 13.5 Å². The molecule has 1 aromatic carbocycles. The van der Waals surface area contributed by atoms with E-state index in [-0.39, 0.29) is 12.2 Å². The van der Waals surface area contributed by atoms with Crippen LogP contribution >= 0.6 is 0 Å². The van der Waals surface area contributed by atoms with E-state index in [4.69, 9.17) is 10.00 Å². The zero-order valence-corrected chi connectivity index (χ0v) is 19.7. The molecule has 180 valence electrons. The fourth-order valence-corrected chi connectivity index (χ4v) is 6.61. The number of hydrogen-bond donors (Lipinski definition) is 1. The molecule has 1 aromatic heterocycles. The van der Waals surface area contributed by atoms with Crippen molar-refractivity contribution in [2.75, 3.05) is 22.8 Å². The van der Waals surface area contributed by atoms with Crippen LogP contribution in [-0.2, 0) is 47.2 Å². The van der Waals surface area contributed by atoms with Crippen molar-refractivity contribution in [1.82, 2.24) is 9.78 Å². The van der Waals surface area contributed by atoms with Gasteiger partial charge in [0.05, 0.1) is 36.2 Å². The monoisotopic (exact) mass is 483 g/mol. The van der Waals surface area contributed by atoms with Gasteiger partial charge in [0.25, 0.3) is 0 Å². The van der Waals surface area contributed by atoms with Gasteiger partial charge in [-0.25, -0.2) is 4.31 Å². The highest BCUT2D eigenvalue weighted by Gasteiger charge is 2.33. The van der Waals surface area contributed by atoms with Crippen molar-refractivity contribution in [2.45, 2.75) is 64.0 Å². The number of hydrogen-bond acceptors (Lipinski definition) is 6. The van der Waals surface area contributed by atoms with E-state index in [1.807, 2.05) is 6.07 Å². The number of nitrogens with zero attached hydrogens (tertiary/aromatic N) is 5. The van der Waals surface area contributed by atoms with Gasteiger partial charge >= 0.3 is 10.2 Å². The van der Waals surface area contributed by atoms with E-state index in [1.165, 1.54) is 28.2 Å². The van der Waals surface area contributed by atoms with Crippen LogP contribution in [0.4, 0.5) is 11.4 Å². The highest BCUT2D eigenvalue weighted by atomic mass is 32.2. The maximum Gasteiger partial charge on any atom is 0.345 e. The SMILES string of the molecule is N#CCn1cc(N(C2CCOCC2)S(=O)(=O)/N=C(\[O-])Nc2c3c(cc4c2CCC4)CCC3)cn1. The molecule has 2 aromatic rings. The van der Waals surface area contributed by atoms with Gasteiger partial charge in [0.15, 0.2) is 0 Å².